The van der Waals surface area contributed by atoms with Gasteiger partial charge in [-0.05, 0) is 19.1 Å². The van der Waals surface area contributed by atoms with Gasteiger partial charge in [0.15, 0.2) is 0 Å². The maximum Gasteiger partial charge on any atom is 0.242 e. The molecule has 5 nitrogen and oxygen atoms in total. The molecule has 0 aliphatic carbocycles. The number of carbonyl (C=O) groups is 1. The molecule has 0 radical (unpaired) electrons. The highest BCUT2D eigenvalue weighted by molar-refractivity contribution is 5.86. The van der Waals surface area contributed by atoms with Crippen molar-refractivity contribution in [1.82, 2.24) is 5.32 Å². The van der Waals surface area contributed by atoms with Gasteiger partial charge >= 0.3 is 0 Å². The summed E-state index contributed by atoms with van der Waals surface area (Å²) in [5.41, 5.74) is 7.33. The summed E-state index contributed by atoms with van der Waals surface area (Å²) in [5.74, 6) is 0.688. The molecule has 1 saturated heterocycles. The lowest BCUT2D eigenvalue weighted by Gasteiger charge is -2.34. The van der Waals surface area contributed by atoms with Gasteiger partial charge in [-0.3, -0.25) is 4.79 Å². The average Bonchev–Trinajstić information content (AvgIpc) is 2.34. The van der Waals surface area contributed by atoms with Crippen molar-refractivity contribution in [3.63, 3.8) is 0 Å². The Morgan fingerprint density at radius 2 is 2.29 bits per heavy atom. The molecule has 1 unspecified atom stereocenters. The highest BCUT2D eigenvalue weighted by Gasteiger charge is 2.25. The maximum absolute atomic E-state index is 11.6. The van der Waals surface area contributed by atoms with Crippen LogP contribution in [0.25, 0.3) is 0 Å². The van der Waals surface area contributed by atoms with Crippen LogP contribution < -0.4 is 20.7 Å². The average molecular weight is 235 g/mol. The molecule has 1 amide bonds. The number of benzene rings is 1. The molecule has 0 aromatic heterocycles. The topological polar surface area (TPSA) is 67.6 Å². The number of rotatable bonds is 2. The number of methoxy groups -OCH3 is 1. The minimum atomic E-state index is -0.169. The van der Waals surface area contributed by atoms with Crippen LogP contribution in [-0.4, -0.2) is 32.1 Å². The van der Waals surface area contributed by atoms with Crippen molar-refractivity contribution < 1.29 is 9.53 Å². The summed E-state index contributed by atoms with van der Waals surface area (Å²) in [6.45, 7) is 3.34. The normalized spacial score (nSPS) is 20.0. The van der Waals surface area contributed by atoms with Crippen LogP contribution >= 0.6 is 0 Å². The van der Waals surface area contributed by atoms with Gasteiger partial charge in [0.1, 0.15) is 11.8 Å². The molecule has 1 aliphatic heterocycles. The van der Waals surface area contributed by atoms with Crippen molar-refractivity contribution in [3.05, 3.63) is 18.2 Å². The number of nitrogens with zero attached hydrogens (tertiary/aromatic N) is 1. The minimum absolute atomic E-state index is 0.0482. The molecule has 92 valence electrons. The van der Waals surface area contributed by atoms with Crippen LogP contribution in [0.4, 0.5) is 11.4 Å². The van der Waals surface area contributed by atoms with E-state index in [1.807, 2.05) is 24.0 Å². The van der Waals surface area contributed by atoms with E-state index < -0.39 is 0 Å². The van der Waals surface area contributed by atoms with Gasteiger partial charge in [0.05, 0.1) is 12.8 Å². The van der Waals surface area contributed by atoms with Crippen LogP contribution in [0.1, 0.15) is 6.92 Å². The molecule has 3 N–H and O–H groups in total. The highest BCUT2D eigenvalue weighted by atomic mass is 16.5. The Balaban J connectivity index is 2.30. The van der Waals surface area contributed by atoms with E-state index in [1.54, 1.807) is 13.2 Å². The number of nitrogens with one attached hydrogen (secondary N) is 1. The van der Waals surface area contributed by atoms with Gasteiger partial charge in [-0.1, -0.05) is 0 Å². The van der Waals surface area contributed by atoms with Gasteiger partial charge in [0.2, 0.25) is 5.91 Å². The fourth-order valence-electron chi connectivity index (χ4n) is 2.01. The Morgan fingerprint density at radius 1 is 1.53 bits per heavy atom. The Morgan fingerprint density at radius 3 is 3.00 bits per heavy atom. The number of hydrogen-bond acceptors (Lipinski definition) is 4. The fourth-order valence-corrected chi connectivity index (χ4v) is 2.01. The van der Waals surface area contributed by atoms with Gasteiger partial charge < -0.3 is 20.7 Å². The van der Waals surface area contributed by atoms with Gasteiger partial charge in [-0.15, -0.1) is 0 Å². The summed E-state index contributed by atoms with van der Waals surface area (Å²) in [6, 6.07) is 5.40. The van der Waals surface area contributed by atoms with Gasteiger partial charge in [-0.25, -0.2) is 0 Å². The van der Waals surface area contributed by atoms with Crippen LogP contribution in [0.2, 0.25) is 0 Å². The fraction of sp³-hybridized carbons (Fsp3) is 0.417. The third-order valence-electron chi connectivity index (χ3n) is 3.05. The summed E-state index contributed by atoms with van der Waals surface area (Å²) >= 11 is 0. The van der Waals surface area contributed by atoms with Crippen molar-refractivity contribution in [2.45, 2.75) is 13.0 Å². The lowest BCUT2D eigenvalue weighted by molar-refractivity contribution is -0.122. The van der Waals surface area contributed by atoms with E-state index in [9.17, 15) is 4.79 Å². The zero-order valence-corrected chi connectivity index (χ0v) is 10.1. The lowest BCUT2D eigenvalue weighted by atomic mass is 10.1. The lowest BCUT2D eigenvalue weighted by Crippen LogP contribution is -2.54. The van der Waals surface area contributed by atoms with Gasteiger partial charge in [0, 0.05) is 24.8 Å². The Kier molecular flexibility index (Phi) is 3.08. The van der Waals surface area contributed by atoms with Crippen molar-refractivity contribution in [2.24, 2.45) is 0 Å². The second kappa shape index (κ2) is 4.53. The number of nitrogen functional groups attached to an aromatic ring is 1. The molecule has 5 heteroatoms. The number of hydrogen-bond donors (Lipinski definition) is 2. The van der Waals surface area contributed by atoms with E-state index >= 15 is 0 Å². The van der Waals surface area contributed by atoms with Crippen molar-refractivity contribution in [1.29, 1.82) is 0 Å². The summed E-state index contributed by atoms with van der Waals surface area (Å²) < 4.78 is 5.19. The van der Waals surface area contributed by atoms with E-state index in [2.05, 4.69) is 5.32 Å². The Hall–Kier alpha value is -1.91. The molecule has 0 spiro atoms. The molecule has 1 fully saturated rings. The molecule has 1 aromatic carbocycles. The molecular formula is C12H17N3O2. The second-order valence-electron chi connectivity index (χ2n) is 4.09. The second-order valence-corrected chi connectivity index (χ2v) is 4.09. The Bertz CT molecular complexity index is 434. The van der Waals surface area contributed by atoms with Gasteiger partial charge in [-0.2, -0.15) is 0 Å². The van der Waals surface area contributed by atoms with E-state index in [0.29, 0.717) is 18.0 Å². The molecule has 1 atom stereocenters. The third kappa shape index (κ3) is 2.13. The van der Waals surface area contributed by atoms with E-state index in [-0.39, 0.29) is 11.9 Å². The first-order chi connectivity index (χ1) is 8.13. The monoisotopic (exact) mass is 235 g/mol. The zero-order chi connectivity index (χ0) is 12.4. The molecule has 1 heterocycles. The number of carbonyl (C=O) groups excluding carboxylic acids is 1. The van der Waals surface area contributed by atoms with Crippen LogP contribution in [0.5, 0.6) is 5.75 Å². The van der Waals surface area contributed by atoms with Crippen LogP contribution in [0.15, 0.2) is 18.2 Å². The number of amides is 1. The highest BCUT2D eigenvalue weighted by Crippen LogP contribution is 2.28. The van der Waals surface area contributed by atoms with Crippen LogP contribution in [-0.2, 0) is 4.79 Å². The number of piperazine rings is 1. The van der Waals surface area contributed by atoms with E-state index in [0.717, 1.165) is 12.2 Å². The number of ether oxygens (including phenoxy) is 1. The number of nitrogens with two attached hydrogens (primary N) is 1. The summed E-state index contributed by atoms with van der Waals surface area (Å²) in [4.78, 5) is 13.6. The molecule has 0 bridgehead atoms. The van der Waals surface area contributed by atoms with Crippen LogP contribution in [0.3, 0.4) is 0 Å². The zero-order valence-electron chi connectivity index (χ0n) is 10.1. The van der Waals surface area contributed by atoms with Crippen molar-refractivity contribution in [2.75, 3.05) is 30.8 Å². The molecule has 1 aromatic rings. The van der Waals surface area contributed by atoms with E-state index in [4.69, 9.17) is 10.5 Å². The van der Waals surface area contributed by atoms with Gasteiger partial charge in [0.25, 0.3) is 0 Å². The largest absolute Gasteiger partial charge is 0.495 e. The first kappa shape index (κ1) is 11.6. The maximum atomic E-state index is 11.6. The molecule has 0 saturated carbocycles. The minimum Gasteiger partial charge on any atom is -0.495 e. The van der Waals surface area contributed by atoms with E-state index in [1.165, 1.54) is 0 Å². The van der Waals surface area contributed by atoms with Crippen LogP contribution in [0, 0.1) is 0 Å². The third-order valence-corrected chi connectivity index (χ3v) is 3.05. The van der Waals surface area contributed by atoms with Crippen molar-refractivity contribution in [3.8, 4) is 5.75 Å². The van der Waals surface area contributed by atoms with Crippen molar-refractivity contribution >= 4 is 17.3 Å². The SMILES string of the molecule is COc1cc(N2CCNC(=O)C2C)ccc1N. The summed E-state index contributed by atoms with van der Waals surface area (Å²) in [7, 11) is 1.59. The first-order valence-electron chi connectivity index (χ1n) is 5.61. The number of anilines is 2. The molecule has 2 rings (SSSR count). The molecule has 1 aliphatic rings. The molecule has 17 heavy (non-hydrogen) atoms. The predicted molar refractivity (Wildman–Crippen MR) is 67.2 cm³/mol. The molecular weight excluding hydrogens is 218 g/mol. The first-order valence-corrected chi connectivity index (χ1v) is 5.61. The quantitative estimate of drug-likeness (QED) is 0.737. The Labute approximate surface area is 101 Å². The predicted octanol–water partition coefficient (Wildman–Crippen LogP) is 0.602. The summed E-state index contributed by atoms with van der Waals surface area (Å²) in [6.07, 6.45) is 0. The smallest absolute Gasteiger partial charge is 0.242 e. The standard InChI is InChI=1S/C12H17N3O2/c1-8-12(16)14-5-6-15(8)9-3-4-10(13)11(7-9)17-2/h3-4,7-8H,5-6,13H2,1-2H3,(H,14,16). The summed E-state index contributed by atoms with van der Waals surface area (Å²) in [5, 5.41) is 2.83.